The summed E-state index contributed by atoms with van der Waals surface area (Å²) in [6.07, 6.45) is 8.76. The molecule has 234 valence electrons. The van der Waals surface area contributed by atoms with Crippen LogP contribution in [0.3, 0.4) is 0 Å². The predicted molar refractivity (Wildman–Crippen MR) is 169 cm³/mol. The number of fused-ring (bicyclic) bond motifs is 3. The summed E-state index contributed by atoms with van der Waals surface area (Å²) in [7, 11) is -3.93. The largest absolute Gasteiger partial charge is 0.349 e. The maximum atomic E-state index is 13.8. The fourth-order valence-corrected chi connectivity index (χ4v) is 7.27. The molecule has 0 unspecified atom stereocenters. The summed E-state index contributed by atoms with van der Waals surface area (Å²) in [4.78, 5) is 47.6. The average molecular weight is 629 g/mol. The molecule has 2 amide bonds. The van der Waals surface area contributed by atoms with E-state index >= 15 is 0 Å². The first kappa shape index (κ1) is 30.6. The van der Waals surface area contributed by atoms with Crippen LogP contribution in [0.25, 0.3) is 10.8 Å². The number of aryl methyl sites for hydroxylation is 1. The van der Waals surface area contributed by atoms with Gasteiger partial charge < -0.3 is 15.2 Å². The second-order valence-corrected chi connectivity index (χ2v) is 13.9. The molecule has 4 aromatic rings. The van der Waals surface area contributed by atoms with Gasteiger partial charge in [-0.3, -0.25) is 24.4 Å². The molecular weight excluding hydrogens is 592 g/mol. The lowest BCUT2D eigenvalue weighted by atomic mass is 9.98. The van der Waals surface area contributed by atoms with Gasteiger partial charge in [-0.1, -0.05) is 19.9 Å². The summed E-state index contributed by atoms with van der Waals surface area (Å²) in [5.41, 5.74) is 2.34. The first-order valence-electron chi connectivity index (χ1n) is 15.2. The first-order valence-corrected chi connectivity index (χ1v) is 16.7. The summed E-state index contributed by atoms with van der Waals surface area (Å²) in [6.45, 7) is 4.34. The minimum atomic E-state index is -3.93. The number of nitrogens with one attached hydrogen (secondary N) is 3. The van der Waals surface area contributed by atoms with Crippen molar-refractivity contribution in [2.45, 2.75) is 69.0 Å². The molecule has 0 aliphatic heterocycles. The van der Waals surface area contributed by atoms with Crippen molar-refractivity contribution < 1.29 is 18.0 Å². The zero-order chi connectivity index (χ0) is 31.7. The molecule has 0 spiro atoms. The monoisotopic (exact) mass is 628 g/mol. The summed E-state index contributed by atoms with van der Waals surface area (Å²) in [6, 6.07) is 10.5. The molecule has 11 nitrogen and oxygen atoms in total. The highest BCUT2D eigenvalue weighted by Gasteiger charge is 2.38. The predicted octanol–water partition coefficient (Wildman–Crippen LogP) is 3.73. The van der Waals surface area contributed by atoms with Gasteiger partial charge in [0, 0.05) is 72.7 Å². The summed E-state index contributed by atoms with van der Waals surface area (Å²) in [5, 5.41) is 7.29. The van der Waals surface area contributed by atoms with E-state index in [1.54, 1.807) is 48.9 Å². The molecule has 0 saturated heterocycles. The lowest BCUT2D eigenvalue weighted by molar-refractivity contribution is -0.122. The van der Waals surface area contributed by atoms with Crippen molar-refractivity contribution in [2.24, 2.45) is 5.92 Å². The van der Waals surface area contributed by atoms with Crippen molar-refractivity contribution in [3.63, 3.8) is 0 Å². The van der Waals surface area contributed by atoms with Crippen molar-refractivity contribution in [1.29, 1.82) is 0 Å². The average Bonchev–Trinajstić information content (AvgIpc) is 3.83. The van der Waals surface area contributed by atoms with Gasteiger partial charge in [0.05, 0.1) is 22.5 Å². The van der Waals surface area contributed by atoms with Crippen LogP contribution in [0.5, 0.6) is 0 Å². The zero-order valence-corrected chi connectivity index (χ0v) is 26.0. The van der Waals surface area contributed by atoms with Crippen molar-refractivity contribution in [1.82, 2.24) is 29.9 Å². The van der Waals surface area contributed by atoms with Crippen molar-refractivity contribution >= 4 is 32.6 Å². The molecule has 1 saturated carbocycles. The van der Waals surface area contributed by atoms with Gasteiger partial charge in [-0.2, -0.15) is 0 Å². The number of rotatable bonds is 11. The van der Waals surface area contributed by atoms with Crippen LogP contribution in [0.4, 0.5) is 0 Å². The maximum Gasteiger partial charge on any atom is 0.253 e. The highest BCUT2D eigenvalue weighted by Crippen LogP contribution is 2.46. The Kier molecular flexibility index (Phi) is 8.52. The molecule has 3 aromatic heterocycles. The Bertz CT molecular complexity index is 1920. The van der Waals surface area contributed by atoms with E-state index in [9.17, 15) is 22.8 Å². The number of sulfonamides is 1. The molecule has 12 heteroatoms. The Morgan fingerprint density at radius 1 is 1.02 bits per heavy atom. The Morgan fingerprint density at radius 2 is 1.84 bits per heavy atom. The molecule has 1 aromatic carbocycles. The fraction of sp³-hybridized carbons (Fsp3) is 0.364. The minimum absolute atomic E-state index is 0.0655. The summed E-state index contributed by atoms with van der Waals surface area (Å²) < 4.78 is 31.8. The van der Waals surface area contributed by atoms with Gasteiger partial charge in [-0.15, -0.1) is 0 Å². The molecule has 0 radical (unpaired) electrons. The van der Waals surface area contributed by atoms with E-state index in [1.807, 2.05) is 19.9 Å². The van der Waals surface area contributed by atoms with Crippen molar-refractivity contribution in [2.75, 3.05) is 6.54 Å². The van der Waals surface area contributed by atoms with E-state index in [0.29, 0.717) is 34.2 Å². The van der Waals surface area contributed by atoms with Gasteiger partial charge in [0.2, 0.25) is 15.9 Å². The van der Waals surface area contributed by atoms with Crippen LogP contribution >= 0.6 is 0 Å². The number of nitrogens with zero attached hydrogens (tertiary/aromatic N) is 3. The highest BCUT2D eigenvalue weighted by atomic mass is 32.2. The van der Waals surface area contributed by atoms with Crippen LogP contribution in [-0.2, 0) is 21.4 Å². The van der Waals surface area contributed by atoms with Crippen molar-refractivity contribution in [3.05, 3.63) is 100.0 Å². The Labute approximate surface area is 261 Å². The molecule has 3 N–H and O–H groups in total. The quantitative estimate of drug-likeness (QED) is 0.229. The fourth-order valence-electron chi connectivity index (χ4n) is 5.82. The number of benzene rings is 1. The van der Waals surface area contributed by atoms with Gasteiger partial charge in [-0.05, 0) is 66.6 Å². The Hall–Kier alpha value is -4.42. The lowest BCUT2D eigenvalue weighted by Gasteiger charge is -2.19. The van der Waals surface area contributed by atoms with E-state index in [2.05, 4.69) is 20.3 Å². The number of carbonyl (C=O) groups excluding carboxylic acids is 2. The number of aromatic nitrogens is 3. The molecule has 45 heavy (non-hydrogen) atoms. The normalized spacial score (nSPS) is 17.8. The second kappa shape index (κ2) is 12.5. The highest BCUT2D eigenvalue weighted by molar-refractivity contribution is 7.89. The minimum Gasteiger partial charge on any atom is -0.349 e. The van der Waals surface area contributed by atoms with Crippen LogP contribution in [0, 0.1) is 5.92 Å². The van der Waals surface area contributed by atoms with E-state index < -0.39 is 22.1 Å². The smallest absolute Gasteiger partial charge is 0.253 e. The topological polar surface area (TPSA) is 152 Å². The van der Waals surface area contributed by atoms with E-state index in [-0.39, 0.29) is 47.7 Å². The van der Waals surface area contributed by atoms with Crippen molar-refractivity contribution in [3.8, 4) is 0 Å². The number of hydrogen-bond acceptors (Lipinski definition) is 7. The number of carbonyl (C=O) groups is 2. The van der Waals surface area contributed by atoms with Crippen LogP contribution < -0.4 is 20.9 Å². The number of hydrogen-bond donors (Lipinski definition) is 3. The molecule has 0 bridgehead atoms. The first-order chi connectivity index (χ1) is 21.6. The lowest BCUT2D eigenvalue weighted by Crippen LogP contribution is -2.31. The summed E-state index contributed by atoms with van der Waals surface area (Å²) in [5.74, 6) is -0.238. The third-order valence-corrected chi connectivity index (χ3v) is 9.75. The standard InChI is InChI=1S/C33H36N6O5S/c1-20(2)17-36-45(43,44)29-15-24-27(38-33(42)22-6-5-11-34-18-22)16-28(37-30(40)10-13-39-12-4-3-7-31(39)41)32(24)25-19-35-26(14-23(25)29)21-8-9-21/h3-7,11-12,14-15,18-21,27-28,36H,8-10,13,16-17H2,1-2H3,(H,37,40)(H,38,42)/t27-,28-/m1/s1. The molecular formula is C33H36N6O5S. The third kappa shape index (κ3) is 6.66. The van der Waals surface area contributed by atoms with E-state index in [4.69, 9.17) is 4.98 Å². The Morgan fingerprint density at radius 3 is 2.56 bits per heavy atom. The van der Waals surface area contributed by atoms with Crippen LogP contribution in [-0.4, -0.2) is 41.3 Å². The number of amides is 2. The van der Waals surface area contributed by atoms with E-state index in [1.165, 1.54) is 16.8 Å². The van der Waals surface area contributed by atoms with Gasteiger partial charge in [0.1, 0.15) is 0 Å². The van der Waals surface area contributed by atoms with Crippen LogP contribution in [0.15, 0.2) is 76.9 Å². The molecule has 1 fully saturated rings. The van der Waals surface area contributed by atoms with Crippen LogP contribution in [0.2, 0.25) is 0 Å². The molecule has 2 aliphatic carbocycles. The summed E-state index contributed by atoms with van der Waals surface area (Å²) >= 11 is 0. The van der Waals surface area contributed by atoms with Gasteiger partial charge in [0.25, 0.3) is 11.5 Å². The van der Waals surface area contributed by atoms with Gasteiger partial charge in [-0.25, -0.2) is 13.1 Å². The molecule has 6 rings (SSSR count). The zero-order valence-electron chi connectivity index (χ0n) is 25.2. The molecule has 3 heterocycles. The van der Waals surface area contributed by atoms with Gasteiger partial charge >= 0.3 is 0 Å². The SMILES string of the molecule is CC(C)CNS(=O)(=O)c1cc2c(c3cnc(C4CC4)cc13)[C@H](NC(=O)CCn1ccccc1=O)C[C@H]2NC(=O)c1cccnc1. The molecule has 2 aliphatic rings. The Balaban J connectivity index is 1.41. The third-order valence-electron chi connectivity index (χ3n) is 8.28. The maximum absolute atomic E-state index is 13.8. The molecule has 2 atom stereocenters. The van der Waals surface area contributed by atoms with Crippen LogP contribution in [0.1, 0.15) is 84.7 Å². The van der Waals surface area contributed by atoms with Gasteiger partial charge in [0.15, 0.2) is 0 Å². The second-order valence-electron chi connectivity index (χ2n) is 12.2. The van der Waals surface area contributed by atoms with E-state index in [0.717, 1.165) is 24.1 Å². The number of pyridine rings is 3.